The summed E-state index contributed by atoms with van der Waals surface area (Å²) in [5.74, 6) is 0.798. The van der Waals surface area contributed by atoms with Crippen molar-refractivity contribution in [3.63, 3.8) is 0 Å². The number of benzene rings is 1. The summed E-state index contributed by atoms with van der Waals surface area (Å²) in [5.41, 5.74) is 0.136. The van der Waals surface area contributed by atoms with E-state index in [1.54, 1.807) is 6.92 Å². The van der Waals surface area contributed by atoms with Crippen LogP contribution in [0.3, 0.4) is 0 Å². The second kappa shape index (κ2) is 8.51. The van der Waals surface area contributed by atoms with Crippen LogP contribution >= 0.6 is 23.4 Å². The lowest BCUT2D eigenvalue weighted by Crippen LogP contribution is -2.47. The number of thioether (sulfide) groups is 1. The van der Waals surface area contributed by atoms with Crippen molar-refractivity contribution in [2.75, 3.05) is 17.3 Å². The van der Waals surface area contributed by atoms with E-state index in [4.69, 9.17) is 11.6 Å². The van der Waals surface area contributed by atoms with E-state index in [1.807, 2.05) is 24.3 Å². The van der Waals surface area contributed by atoms with Crippen LogP contribution in [0.4, 0.5) is 0 Å². The molecule has 2 aliphatic rings. The second-order valence-corrected chi connectivity index (χ2v) is 11.9. The van der Waals surface area contributed by atoms with Gasteiger partial charge in [0.1, 0.15) is 0 Å². The van der Waals surface area contributed by atoms with Crippen LogP contribution < -0.4 is 5.32 Å². The van der Waals surface area contributed by atoms with Crippen LogP contribution in [-0.4, -0.2) is 51.9 Å². The number of sulfone groups is 1. The molecule has 30 heavy (non-hydrogen) atoms. The molecule has 1 saturated heterocycles. The minimum absolute atomic E-state index is 0.00861. The fourth-order valence-electron chi connectivity index (χ4n) is 4.31. The van der Waals surface area contributed by atoms with Crippen LogP contribution in [0.1, 0.15) is 45.1 Å². The van der Waals surface area contributed by atoms with Crippen molar-refractivity contribution in [1.29, 1.82) is 0 Å². The highest BCUT2D eigenvalue weighted by molar-refractivity contribution is 7.99. The lowest BCUT2D eigenvalue weighted by molar-refractivity contribution is -0.120. The fraction of sp³-hybridized carbons (Fsp3) is 0.550. The van der Waals surface area contributed by atoms with Gasteiger partial charge in [-0.15, -0.1) is 10.2 Å². The van der Waals surface area contributed by atoms with Crippen LogP contribution in [0.2, 0.25) is 5.02 Å². The molecule has 0 spiro atoms. The van der Waals surface area contributed by atoms with Gasteiger partial charge in [-0.25, -0.2) is 8.42 Å². The molecule has 7 nitrogen and oxygen atoms in total. The monoisotopic (exact) mass is 468 g/mol. The third kappa shape index (κ3) is 4.68. The Morgan fingerprint density at radius 2 is 2.03 bits per heavy atom. The first-order chi connectivity index (χ1) is 14.3. The molecule has 2 heterocycles. The smallest absolute Gasteiger partial charge is 0.230 e. The Morgan fingerprint density at radius 1 is 1.30 bits per heavy atom. The summed E-state index contributed by atoms with van der Waals surface area (Å²) in [5, 5.41) is 13.0. The number of nitrogens with one attached hydrogen (secondary N) is 1. The van der Waals surface area contributed by atoms with Gasteiger partial charge < -0.3 is 5.32 Å². The summed E-state index contributed by atoms with van der Waals surface area (Å²) in [6.07, 6.45) is 4.85. The van der Waals surface area contributed by atoms with Gasteiger partial charge >= 0.3 is 0 Å². The summed E-state index contributed by atoms with van der Waals surface area (Å²) in [7, 11) is -3.08. The molecule has 1 aliphatic carbocycles. The van der Waals surface area contributed by atoms with E-state index in [0.717, 1.165) is 37.1 Å². The van der Waals surface area contributed by atoms with E-state index in [2.05, 4.69) is 20.1 Å². The molecule has 1 atom stereocenters. The first-order valence-corrected chi connectivity index (χ1v) is 13.3. The Balaban J connectivity index is 1.52. The molecule has 1 aromatic carbocycles. The van der Waals surface area contributed by atoms with Crippen LogP contribution in [0.5, 0.6) is 0 Å². The highest BCUT2D eigenvalue weighted by Crippen LogP contribution is 2.38. The summed E-state index contributed by atoms with van der Waals surface area (Å²) in [4.78, 5) is 12.5. The van der Waals surface area contributed by atoms with E-state index in [1.165, 1.54) is 11.8 Å². The maximum atomic E-state index is 12.5. The quantitative estimate of drug-likeness (QED) is 0.652. The maximum absolute atomic E-state index is 12.5. The molecule has 2 fully saturated rings. The van der Waals surface area contributed by atoms with E-state index < -0.39 is 15.4 Å². The topological polar surface area (TPSA) is 93.9 Å². The number of carbonyl (C=O) groups excluding carboxylic acids is 1. The summed E-state index contributed by atoms with van der Waals surface area (Å²) in [6, 6.07) is 7.85. The van der Waals surface area contributed by atoms with E-state index in [9.17, 15) is 13.2 Å². The standard InChI is InChI=1S/C20H25ClN4O3S2/c1-20(10-11-30(27,28)13-20)22-17(26)12-29-19-24-23-18(15-8-4-5-9-16(15)21)25(19)14-6-2-3-7-14/h4-5,8-9,14H,2-3,6-7,10-13H2,1H3,(H,22,26). The molecular weight excluding hydrogens is 444 g/mol. The summed E-state index contributed by atoms with van der Waals surface area (Å²) >= 11 is 7.74. The van der Waals surface area contributed by atoms with Gasteiger partial charge in [-0.2, -0.15) is 0 Å². The second-order valence-electron chi connectivity index (χ2n) is 8.33. The number of halogens is 1. The van der Waals surface area contributed by atoms with Crippen LogP contribution in [-0.2, 0) is 14.6 Å². The Labute approximate surface area is 185 Å². The van der Waals surface area contributed by atoms with Gasteiger partial charge in [-0.3, -0.25) is 9.36 Å². The molecule has 0 radical (unpaired) electrons. The molecule has 0 bridgehead atoms. The number of nitrogens with zero attached hydrogens (tertiary/aromatic N) is 3. The molecule has 1 saturated carbocycles. The Kier molecular flexibility index (Phi) is 6.14. The number of hydrogen-bond donors (Lipinski definition) is 1. The van der Waals surface area contributed by atoms with Crippen molar-refractivity contribution >= 4 is 39.1 Å². The summed E-state index contributed by atoms with van der Waals surface area (Å²) < 4.78 is 25.7. The number of amides is 1. The molecule has 10 heteroatoms. The molecule has 1 amide bonds. The van der Waals surface area contributed by atoms with E-state index in [0.29, 0.717) is 16.6 Å². The van der Waals surface area contributed by atoms with Gasteiger partial charge in [-0.05, 0) is 38.3 Å². The number of hydrogen-bond acceptors (Lipinski definition) is 6. The third-order valence-electron chi connectivity index (χ3n) is 5.75. The van der Waals surface area contributed by atoms with Crippen molar-refractivity contribution in [2.45, 2.75) is 55.8 Å². The fourth-order valence-corrected chi connectivity index (χ4v) is 7.42. The molecule has 1 N–H and O–H groups in total. The van der Waals surface area contributed by atoms with Crippen LogP contribution in [0, 0.1) is 0 Å². The minimum atomic E-state index is -3.08. The molecule has 1 unspecified atom stereocenters. The largest absolute Gasteiger partial charge is 0.349 e. The predicted molar refractivity (Wildman–Crippen MR) is 119 cm³/mol. The average Bonchev–Trinajstić information content (AvgIpc) is 3.39. The third-order valence-corrected chi connectivity index (χ3v) is 8.92. The highest BCUT2D eigenvalue weighted by atomic mass is 35.5. The minimum Gasteiger partial charge on any atom is -0.349 e. The van der Waals surface area contributed by atoms with E-state index >= 15 is 0 Å². The lowest BCUT2D eigenvalue weighted by atomic mass is 10.0. The Hall–Kier alpha value is -1.58. The van der Waals surface area contributed by atoms with Gasteiger partial charge in [0.2, 0.25) is 5.91 Å². The normalized spacial score (nSPS) is 23.7. The first kappa shape index (κ1) is 21.6. The van der Waals surface area contributed by atoms with Crippen molar-refractivity contribution in [2.24, 2.45) is 0 Å². The highest BCUT2D eigenvalue weighted by Gasteiger charge is 2.39. The SMILES string of the molecule is CC1(NC(=O)CSc2nnc(-c3ccccc3Cl)n2C2CCCC2)CCS(=O)(=O)C1. The molecule has 162 valence electrons. The molecule has 2 aromatic rings. The number of carbonyl (C=O) groups is 1. The van der Waals surface area contributed by atoms with Crippen molar-refractivity contribution in [1.82, 2.24) is 20.1 Å². The molecule has 1 aromatic heterocycles. The molecule has 4 rings (SSSR count). The lowest BCUT2D eigenvalue weighted by Gasteiger charge is -2.23. The predicted octanol–water partition coefficient (Wildman–Crippen LogP) is 3.50. The van der Waals surface area contributed by atoms with Gasteiger partial charge in [-0.1, -0.05) is 48.3 Å². The summed E-state index contributed by atoms with van der Waals surface area (Å²) in [6.45, 7) is 1.79. The average molecular weight is 469 g/mol. The zero-order valence-corrected chi connectivity index (χ0v) is 19.2. The Bertz CT molecular complexity index is 1050. The molecular formula is C20H25ClN4O3S2. The number of aromatic nitrogens is 3. The van der Waals surface area contributed by atoms with Crippen LogP contribution in [0.15, 0.2) is 29.4 Å². The van der Waals surface area contributed by atoms with Crippen LogP contribution in [0.25, 0.3) is 11.4 Å². The van der Waals surface area contributed by atoms with Gasteiger partial charge in [0, 0.05) is 11.6 Å². The van der Waals surface area contributed by atoms with Crippen molar-refractivity contribution in [3.8, 4) is 11.4 Å². The molecule has 1 aliphatic heterocycles. The first-order valence-electron chi connectivity index (χ1n) is 10.1. The number of rotatable bonds is 6. The van der Waals surface area contributed by atoms with Crippen molar-refractivity contribution < 1.29 is 13.2 Å². The van der Waals surface area contributed by atoms with Crippen molar-refractivity contribution in [3.05, 3.63) is 29.3 Å². The van der Waals surface area contributed by atoms with Gasteiger partial charge in [0.15, 0.2) is 20.8 Å². The van der Waals surface area contributed by atoms with E-state index in [-0.39, 0.29) is 29.2 Å². The van der Waals surface area contributed by atoms with Gasteiger partial charge in [0.25, 0.3) is 0 Å². The maximum Gasteiger partial charge on any atom is 0.230 e. The zero-order valence-electron chi connectivity index (χ0n) is 16.8. The zero-order chi connectivity index (χ0) is 21.4. The van der Waals surface area contributed by atoms with Gasteiger partial charge in [0.05, 0.1) is 27.8 Å². The Morgan fingerprint density at radius 3 is 2.70 bits per heavy atom.